The standard InChI is InChI=1S/C3H4AsN/c1-2-5-3-4-1/h1-4H. The Morgan fingerprint density at radius 1 is 1.60 bits per heavy atom. The predicted octanol–water partition coefficient (Wildman–Crippen LogP) is -0.0640. The van der Waals surface area contributed by atoms with Crippen LogP contribution in [0, 0.1) is 0 Å². The molecule has 1 unspecified atom stereocenters. The summed E-state index contributed by atoms with van der Waals surface area (Å²) >= 11 is 0.167. The molecule has 0 radical (unpaired) electrons. The van der Waals surface area contributed by atoms with E-state index < -0.39 is 0 Å². The molecule has 1 heterocycles. The van der Waals surface area contributed by atoms with E-state index in [0.29, 0.717) is 0 Å². The minimum atomic E-state index is 0.167. The third-order valence-corrected chi connectivity index (χ3v) is 1.75. The molecule has 0 bridgehead atoms. The van der Waals surface area contributed by atoms with Crippen molar-refractivity contribution >= 4 is 20.8 Å². The van der Waals surface area contributed by atoms with Gasteiger partial charge in [-0.1, -0.05) is 0 Å². The quantitative estimate of drug-likeness (QED) is 0.406. The molecule has 2 heteroatoms. The van der Waals surface area contributed by atoms with E-state index in [1.807, 2.05) is 11.2 Å². The second-order valence-corrected chi connectivity index (χ2v) is 2.70. The summed E-state index contributed by atoms with van der Waals surface area (Å²) in [5, 5.41) is 2.00. The Balaban J connectivity index is 2.61. The Hall–Kier alpha value is -0.0316. The van der Waals surface area contributed by atoms with E-state index in [-0.39, 0.29) is 15.8 Å². The molecule has 0 aliphatic carbocycles. The van der Waals surface area contributed by atoms with E-state index in [2.05, 4.69) is 9.86 Å². The molecule has 0 N–H and O–H groups in total. The van der Waals surface area contributed by atoms with Crippen molar-refractivity contribution in [1.82, 2.24) is 0 Å². The van der Waals surface area contributed by atoms with Gasteiger partial charge >= 0.3 is 36.8 Å². The molecule has 0 aromatic carbocycles. The molecule has 0 fully saturated rings. The summed E-state index contributed by atoms with van der Waals surface area (Å²) in [4.78, 5) is 5.97. The second-order valence-electron chi connectivity index (χ2n) is 0.761. The van der Waals surface area contributed by atoms with Crippen LogP contribution in [0.15, 0.2) is 16.1 Å². The molecule has 0 aromatic rings. The van der Waals surface area contributed by atoms with Crippen LogP contribution in [0.4, 0.5) is 0 Å². The van der Waals surface area contributed by atoms with Crippen LogP contribution in [0.5, 0.6) is 0 Å². The van der Waals surface area contributed by atoms with Crippen LogP contribution in [0.25, 0.3) is 0 Å². The molecule has 1 atom stereocenters. The summed E-state index contributed by atoms with van der Waals surface area (Å²) in [5.74, 6) is 0. The number of nitrogens with zero attached hydrogens (tertiary/aromatic N) is 1. The summed E-state index contributed by atoms with van der Waals surface area (Å²) in [6.07, 6.45) is 1.86. The average Bonchev–Trinajstić information content (AvgIpc) is 1.76. The van der Waals surface area contributed by atoms with E-state index in [1.165, 1.54) is 0 Å². The van der Waals surface area contributed by atoms with Gasteiger partial charge in [0.15, 0.2) is 0 Å². The molecule has 0 spiro atoms. The monoisotopic (exact) mass is 129 g/mol. The van der Waals surface area contributed by atoms with Gasteiger partial charge in [0.05, 0.1) is 0 Å². The molecule has 0 amide bonds. The Kier molecular flexibility index (Phi) is 0.898. The molecule has 0 saturated heterocycles. The molecular weight excluding hydrogens is 125 g/mol. The Morgan fingerprint density at radius 2 is 2.60 bits per heavy atom. The summed E-state index contributed by atoms with van der Waals surface area (Å²) < 4.78 is 0. The van der Waals surface area contributed by atoms with Crippen molar-refractivity contribution in [3.8, 4) is 0 Å². The van der Waals surface area contributed by atoms with E-state index in [9.17, 15) is 0 Å². The maximum atomic E-state index is 3.83. The first-order valence-electron chi connectivity index (χ1n) is 1.43. The average molecular weight is 129 g/mol. The number of hydrogen-bond acceptors (Lipinski definition) is 1. The number of aliphatic imine (C=N–C) groups is 1. The van der Waals surface area contributed by atoms with Gasteiger partial charge in [-0.2, -0.15) is 0 Å². The molecular formula is C3H4AsN. The van der Waals surface area contributed by atoms with Crippen molar-refractivity contribution in [3.63, 3.8) is 0 Å². The van der Waals surface area contributed by atoms with Crippen LogP contribution in [-0.4, -0.2) is 20.8 Å². The van der Waals surface area contributed by atoms with Gasteiger partial charge in [0.25, 0.3) is 0 Å². The summed E-state index contributed by atoms with van der Waals surface area (Å²) in [6, 6.07) is 0. The Bertz CT molecular complexity index is 65.0. The summed E-state index contributed by atoms with van der Waals surface area (Å²) in [7, 11) is 0. The molecule has 5 heavy (non-hydrogen) atoms. The van der Waals surface area contributed by atoms with Gasteiger partial charge in [0.1, 0.15) is 0 Å². The summed E-state index contributed by atoms with van der Waals surface area (Å²) in [5.41, 5.74) is 0. The first-order chi connectivity index (χ1) is 2.50. The number of rotatable bonds is 0. The van der Waals surface area contributed by atoms with Crippen LogP contribution < -0.4 is 0 Å². The van der Waals surface area contributed by atoms with E-state index in [4.69, 9.17) is 0 Å². The molecule has 1 rings (SSSR count). The topological polar surface area (TPSA) is 12.4 Å². The van der Waals surface area contributed by atoms with Gasteiger partial charge in [0.2, 0.25) is 0 Å². The normalized spacial score (nSPS) is 22.4. The molecule has 1 nitrogen and oxygen atoms in total. The van der Waals surface area contributed by atoms with Crippen molar-refractivity contribution < 1.29 is 0 Å². The van der Waals surface area contributed by atoms with Crippen LogP contribution in [0.2, 0.25) is 0 Å². The van der Waals surface area contributed by atoms with Crippen LogP contribution in [-0.2, 0) is 0 Å². The van der Waals surface area contributed by atoms with Gasteiger partial charge < -0.3 is 0 Å². The fourth-order valence-electron chi connectivity index (χ4n) is 0.215. The first kappa shape index (κ1) is 3.17. The van der Waals surface area contributed by atoms with E-state index >= 15 is 0 Å². The molecule has 1 aliphatic rings. The third-order valence-electron chi connectivity index (χ3n) is 0.406. The minimum absolute atomic E-state index is 0.167. The molecule has 1 aliphatic heterocycles. The Morgan fingerprint density at radius 3 is 2.80 bits per heavy atom. The van der Waals surface area contributed by atoms with Gasteiger partial charge in [-0.3, -0.25) is 0 Å². The SMILES string of the molecule is C1=C[AsH]C=N1. The van der Waals surface area contributed by atoms with Gasteiger partial charge in [-0.25, -0.2) is 0 Å². The summed E-state index contributed by atoms with van der Waals surface area (Å²) in [6.45, 7) is 0. The van der Waals surface area contributed by atoms with Crippen LogP contribution in [0.1, 0.15) is 0 Å². The third kappa shape index (κ3) is 0.623. The zero-order valence-corrected chi connectivity index (χ0v) is 4.78. The zero-order valence-electron chi connectivity index (χ0n) is 2.68. The second kappa shape index (κ2) is 1.42. The zero-order chi connectivity index (χ0) is 3.54. The molecule has 0 aromatic heterocycles. The molecule has 26 valence electrons. The van der Waals surface area contributed by atoms with Crippen molar-refractivity contribution in [2.45, 2.75) is 0 Å². The fourth-order valence-corrected chi connectivity index (χ4v) is 1.12. The van der Waals surface area contributed by atoms with Gasteiger partial charge in [-0.05, 0) is 0 Å². The van der Waals surface area contributed by atoms with Gasteiger partial charge in [-0.15, -0.1) is 0 Å². The van der Waals surface area contributed by atoms with E-state index in [1.54, 1.807) is 0 Å². The molecule has 0 saturated carbocycles. The van der Waals surface area contributed by atoms with Crippen LogP contribution >= 0.6 is 0 Å². The predicted molar refractivity (Wildman–Crippen MR) is 24.8 cm³/mol. The van der Waals surface area contributed by atoms with E-state index in [0.717, 1.165) is 0 Å². The van der Waals surface area contributed by atoms with Crippen molar-refractivity contribution in [2.24, 2.45) is 4.99 Å². The number of hydrogen-bond donors (Lipinski definition) is 0. The Labute approximate surface area is 37.5 Å². The van der Waals surface area contributed by atoms with Crippen molar-refractivity contribution in [2.75, 3.05) is 0 Å². The van der Waals surface area contributed by atoms with Crippen molar-refractivity contribution in [1.29, 1.82) is 0 Å². The fraction of sp³-hybridized carbons (Fsp3) is 0. The van der Waals surface area contributed by atoms with Gasteiger partial charge in [0, 0.05) is 0 Å². The van der Waals surface area contributed by atoms with Crippen molar-refractivity contribution in [3.05, 3.63) is 11.1 Å². The maximum absolute atomic E-state index is 3.83. The van der Waals surface area contributed by atoms with Crippen LogP contribution in [0.3, 0.4) is 0 Å². The first-order valence-corrected chi connectivity index (χ1v) is 3.85.